The maximum absolute atomic E-state index is 13.4. The summed E-state index contributed by atoms with van der Waals surface area (Å²) in [6.07, 6.45) is -5.12. The van der Waals surface area contributed by atoms with Crippen LogP contribution in [0, 0.1) is 5.92 Å². The zero-order chi connectivity index (χ0) is 26.4. The van der Waals surface area contributed by atoms with Gasteiger partial charge in [0.15, 0.2) is 0 Å². The number of tetrazole rings is 1. The van der Waals surface area contributed by atoms with Crippen LogP contribution < -0.4 is 10.6 Å². The lowest BCUT2D eigenvalue weighted by molar-refractivity contribution is -0.143. The first-order chi connectivity index (χ1) is 17.5. The van der Waals surface area contributed by atoms with Crippen LogP contribution in [0.2, 0.25) is 0 Å². The second kappa shape index (κ2) is 9.53. The van der Waals surface area contributed by atoms with E-state index in [1.165, 1.54) is 15.9 Å². The molecule has 37 heavy (non-hydrogen) atoms. The number of halogens is 6. The van der Waals surface area contributed by atoms with E-state index in [-0.39, 0.29) is 30.0 Å². The topological polar surface area (TPSA) is 67.7 Å². The molecule has 2 N–H and O–H groups in total. The predicted molar refractivity (Wildman–Crippen MR) is 125 cm³/mol. The average Bonchev–Trinajstić information content (AvgIpc) is 3.17. The van der Waals surface area contributed by atoms with Crippen molar-refractivity contribution in [3.63, 3.8) is 0 Å². The van der Waals surface area contributed by atoms with E-state index in [2.05, 4.69) is 38.2 Å². The van der Waals surface area contributed by atoms with Crippen LogP contribution in [0.1, 0.15) is 58.7 Å². The van der Waals surface area contributed by atoms with Gasteiger partial charge in [-0.05, 0) is 96.2 Å². The number of hydrogen-bond acceptors (Lipinski definition) is 5. The number of anilines is 2. The molecule has 2 atom stereocenters. The lowest BCUT2D eigenvalue weighted by Gasteiger charge is -2.24. The Hall–Kier alpha value is -3.31. The Bertz CT molecular complexity index is 1250. The molecule has 0 bridgehead atoms. The summed E-state index contributed by atoms with van der Waals surface area (Å²) in [6, 6.07) is 5.77. The van der Waals surface area contributed by atoms with Crippen molar-refractivity contribution in [2.75, 3.05) is 17.2 Å². The second-order valence-electron chi connectivity index (χ2n) is 9.82. The number of rotatable bonds is 4. The molecular formula is C25H26F6N6. The van der Waals surface area contributed by atoms with Crippen molar-refractivity contribution in [3.05, 3.63) is 63.7 Å². The smallest absolute Gasteiger partial charge is 0.384 e. The number of benzene rings is 2. The molecule has 12 heteroatoms. The largest absolute Gasteiger partial charge is 0.416 e. The highest BCUT2D eigenvalue weighted by molar-refractivity contribution is 5.60. The number of fused-ring (bicyclic) bond motifs is 2. The summed E-state index contributed by atoms with van der Waals surface area (Å²) in [5.74, 6) is 0.0402. The third kappa shape index (κ3) is 5.67. The van der Waals surface area contributed by atoms with Gasteiger partial charge in [0.1, 0.15) is 0 Å². The van der Waals surface area contributed by atoms with Crippen LogP contribution in [0.5, 0.6) is 0 Å². The maximum Gasteiger partial charge on any atom is 0.416 e. The zero-order valence-corrected chi connectivity index (χ0v) is 20.0. The molecule has 2 aromatic carbocycles. The Kier molecular flexibility index (Phi) is 6.53. The van der Waals surface area contributed by atoms with E-state index in [4.69, 9.17) is 0 Å². The molecule has 1 aliphatic carbocycles. The van der Waals surface area contributed by atoms with E-state index in [9.17, 15) is 26.3 Å². The highest BCUT2D eigenvalue weighted by atomic mass is 19.4. The number of aromatic nitrogens is 4. The minimum atomic E-state index is -4.88. The molecule has 0 amide bonds. The fourth-order valence-corrected chi connectivity index (χ4v) is 5.30. The third-order valence-electron chi connectivity index (χ3n) is 7.02. The van der Waals surface area contributed by atoms with Crippen molar-refractivity contribution in [1.29, 1.82) is 0 Å². The third-order valence-corrected chi connectivity index (χ3v) is 7.02. The zero-order valence-electron chi connectivity index (χ0n) is 20.0. The number of aryl methyl sites for hydroxylation is 3. The summed E-state index contributed by atoms with van der Waals surface area (Å²) < 4.78 is 80.4. The van der Waals surface area contributed by atoms with Gasteiger partial charge in [-0.25, -0.2) is 0 Å². The first-order valence-electron chi connectivity index (χ1n) is 12.1. The molecule has 6 nitrogen and oxygen atoms in total. The van der Waals surface area contributed by atoms with E-state index in [1.807, 2.05) is 0 Å². The molecule has 0 saturated heterocycles. The standard InChI is InChI=1S/C25H26F6N6/c1-37-35-23(34-36-37)33-22-9-15(13-32-21-11-17-5-3-2-4-16(17)10-20(21)22)6-14-7-18(24(26,27)28)12-19(8-14)25(29,30)31/h7-8,10-12,15,22,32H,2-6,9,13H2,1H3,(H,33,35)/t15-,22?/m0/s1. The monoisotopic (exact) mass is 524 g/mol. The van der Waals surface area contributed by atoms with Gasteiger partial charge in [-0.2, -0.15) is 31.1 Å². The molecule has 0 radical (unpaired) electrons. The second-order valence-corrected chi connectivity index (χ2v) is 9.82. The summed E-state index contributed by atoms with van der Waals surface area (Å²) in [4.78, 5) is 1.31. The van der Waals surface area contributed by atoms with Gasteiger partial charge in [-0.1, -0.05) is 11.2 Å². The summed E-state index contributed by atoms with van der Waals surface area (Å²) in [5.41, 5.74) is 1.81. The van der Waals surface area contributed by atoms with Crippen molar-refractivity contribution in [2.45, 2.75) is 56.9 Å². The quantitative estimate of drug-likeness (QED) is 0.413. The number of nitrogens with zero attached hydrogens (tertiary/aromatic N) is 4. The number of nitrogens with one attached hydrogen (secondary N) is 2. The van der Waals surface area contributed by atoms with Gasteiger partial charge in [0.2, 0.25) is 0 Å². The van der Waals surface area contributed by atoms with Crippen molar-refractivity contribution in [1.82, 2.24) is 20.2 Å². The minimum absolute atomic E-state index is 0.00409. The lowest BCUT2D eigenvalue weighted by Crippen LogP contribution is -2.20. The summed E-state index contributed by atoms with van der Waals surface area (Å²) >= 11 is 0. The van der Waals surface area contributed by atoms with E-state index in [1.54, 1.807) is 7.05 Å². The molecular weight excluding hydrogens is 498 g/mol. The Morgan fingerprint density at radius 1 is 0.946 bits per heavy atom. The fourth-order valence-electron chi connectivity index (χ4n) is 5.30. The summed E-state index contributed by atoms with van der Waals surface area (Å²) in [6.45, 7) is 0.398. The first-order valence-corrected chi connectivity index (χ1v) is 12.1. The van der Waals surface area contributed by atoms with Gasteiger partial charge in [-0.15, -0.1) is 5.10 Å². The van der Waals surface area contributed by atoms with Crippen LogP contribution >= 0.6 is 0 Å². The van der Waals surface area contributed by atoms with Gasteiger partial charge < -0.3 is 10.6 Å². The minimum Gasteiger partial charge on any atom is -0.384 e. The normalized spacial score (nSPS) is 20.0. The van der Waals surface area contributed by atoms with Crippen LogP contribution in [-0.2, 0) is 38.7 Å². The van der Waals surface area contributed by atoms with Gasteiger partial charge in [0, 0.05) is 12.2 Å². The highest BCUT2D eigenvalue weighted by Gasteiger charge is 2.37. The number of hydrogen-bond donors (Lipinski definition) is 2. The first kappa shape index (κ1) is 25.3. The van der Waals surface area contributed by atoms with E-state index in [0.29, 0.717) is 18.9 Å². The molecule has 1 aromatic heterocycles. The lowest BCUT2D eigenvalue weighted by atomic mass is 9.86. The van der Waals surface area contributed by atoms with Gasteiger partial charge >= 0.3 is 12.4 Å². The van der Waals surface area contributed by atoms with Gasteiger partial charge in [-0.3, -0.25) is 0 Å². The van der Waals surface area contributed by atoms with E-state index >= 15 is 0 Å². The fraction of sp³-hybridized carbons (Fsp3) is 0.480. The van der Waals surface area contributed by atoms with Crippen LogP contribution in [0.25, 0.3) is 0 Å². The van der Waals surface area contributed by atoms with Crippen molar-refractivity contribution in [3.8, 4) is 0 Å². The van der Waals surface area contributed by atoms with Crippen LogP contribution in [-0.4, -0.2) is 26.8 Å². The van der Waals surface area contributed by atoms with Crippen molar-refractivity contribution >= 4 is 11.6 Å². The SMILES string of the molecule is Cn1nnc(NC2C[C@H](Cc3cc(C(F)(F)F)cc(C(F)(F)F)c3)CNc3cc4c(cc32)CCCC4)n1. The van der Waals surface area contributed by atoms with Crippen molar-refractivity contribution < 1.29 is 26.3 Å². The molecule has 5 rings (SSSR count). The molecule has 2 heterocycles. The highest BCUT2D eigenvalue weighted by Crippen LogP contribution is 2.40. The Labute approximate surface area is 209 Å². The molecule has 1 aliphatic heterocycles. The van der Waals surface area contributed by atoms with Crippen LogP contribution in [0.15, 0.2) is 30.3 Å². The molecule has 3 aromatic rings. The predicted octanol–water partition coefficient (Wildman–Crippen LogP) is 5.95. The molecule has 0 spiro atoms. The Morgan fingerprint density at radius 3 is 2.19 bits per heavy atom. The average molecular weight is 525 g/mol. The summed E-state index contributed by atoms with van der Waals surface area (Å²) in [5, 5.41) is 18.7. The van der Waals surface area contributed by atoms with Gasteiger partial charge in [0.25, 0.3) is 5.95 Å². The van der Waals surface area contributed by atoms with Crippen molar-refractivity contribution in [2.24, 2.45) is 13.0 Å². The van der Waals surface area contributed by atoms with Gasteiger partial charge in [0.05, 0.1) is 24.2 Å². The van der Waals surface area contributed by atoms with Crippen LogP contribution in [0.3, 0.4) is 0 Å². The molecule has 1 unspecified atom stereocenters. The maximum atomic E-state index is 13.4. The number of alkyl halides is 6. The molecule has 0 fully saturated rings. The Balaban J connectivity index is 1.48. The van der Waals surface area contributed by atoms with E-state index < -0.39 is 23.5 Å². The van der Waals surface area contributed by atoms with E-state index in [0.717, 1.165) is 49.1 Å². The summed E-state index contributed by atoms with van der Waals surface area (Å²) in [7, 11) is 1.63. The Morgan fingerprint density at radius 2 is 1.59 bits per heavy atom. The molecule has 198 valence electrons. The van der Waals surface area contributed by atoms with Crippen LogP contribution in [0.4, 0.5) is 38.0 Å². The molecule has 0 saturated carbocycles. The molecule has 2 aliphatic rings.